The molecule has 0 atom stereocenters. The van der Waals surface area contributed by atoms with Crippen LogP contribution in [0.2, 0.25) is 0 Å². The van der Waals surface area contributed by atoms with Crippen molar-refractivity contribution in [2.45, 2.75) is 0 Å². The standard InChI is InChI=1S/C21H21N3O6S/c1-26-17-9-13(10-18(27-2)19(17)28-3)22-20(25)24-21-23-14(11-31-21)12-4-5-15-16(8-12)30-7-6-29-15/h4-5,8-11H,6-7H2,1-3H3,(H2,22,23,24,25). The van der Waals surface area contributed by atoms with Crippen molar-refractivity contribution >= 4 is 28.2 Å². The molecule has 3 aromatic rings. The maximum absolute atomic E-state index is 12.5. The van der Waals surface area contributed by atoms with Crippen LogP contribution in [0.1, 0.15) is 0 Å². The zero-order chi connectivity index (χ0) is 21.8. The summed E-state index contributed by atoms with van der Waals surface area (Å²) >= 11 is 1.32. The first-order valence-corrected chi connectivity index (χ1v) is 10.2. The van der Waals surface area contributed by atoms with E-state index < -0.39 is 6.03 Å². The highest BCUT2D eigenvalue weighted by molar-refractivity contribution is 7.14. The molecular weight excluding hydrogens is 422 g/mol. The van der Waals surface area contributed by atoms with Gasteiger partial charge in [-0.1, -0.05) is 0 Å². The molecule has 31 heavy (non-hydrogen) atoms. The predicted octanol–water partition coefficient (Wildman–Crippen LogP) is 4.25. The molecule has 0 fully saturated rings. The van der Waals surface area contributed by atoms with Gasteiger partial charge in [0.25, 0.3) is 0 Å². The average molecular weight is 443 g/mol. The zero-order valence-corrected chi connectivity index (χ0v) is 18.0. The van der Waals surface area contributed by atoms with Crippen molar-refractivity contribution in [3.63, 3.8) is 0 Å². The van der Waals surface area contributed by atoms with Crippen molar-refractivity contribution in [3.8, 4) is 40.0 Å². The number of fused-ring (bicyclic) bond motifs is 1. The fraction of sp³-hybridized carbons (Fsp3) is 0.238. The van der Waals surface area contributed by atoms with Gasteiger partial charge < -0.3 is 29.0 Å². The van der Waals surface area contributed by atoms with Crippen LogP contribution in [0.5, 0.6) is 28.7 Å². The predicted molar refractivity (Wildman–Crippen MR) is 117 cm³/mol. The van der Waals surface area contributed by atoms with Crippen LogP contribution in [0.25, 0.3) is 11.3 Å². The van der Waals surface area contributed by atoms with E-state index in [0.29, 0.717) is 52.8 Å². The van der Waals surface area contributed by atoms with Crippen molar-refractivity contribution in [1.29, 1.82) is 0 Å². The molecule has 0 bridgehead atoms. The molecule has 2 aromatic carbocycles. The Labute approximate surface area is 182 Å². The van der Waals surface area contributed by atoms with Crippen LogP contribution < -0.4 is 34.3 Å². The normalized spacial score (nSPS) is 12.1. The van der Waals surface area contributed by atoms with Crippen LogP contribution in [0.3, 0.4) is 0 Å². The summed E-state index contributed by atoms with van der Waals surface area (Å²) in [5.74, 6) is 2.72. The Morgan fingerprint density at radius 3 is 2.35 bits per heavy atom. The fourth-order valence-corrected chi connectivity index (χ4v) is 3.79. The molecule has 162 valence electrons. The molecule has 0 saturated carbocycles. The van der Waals surface area contributed by atoms with Gasteiger partial charge in [-0.3, -0.25) is 5.32 Å². The van der Waals surface area contributed by atoms with E-state index in [4.69, 9.17) is 23.7 Å². The number of hydrogen-bond acceptors (Lipinski definition) is 8. The van der Waals surface area contributed by atoms with Crippen molar-refractivity contribution in [3.05, 3.63) is 35.7 Å². The van der Waals surface area contributed by atoms with E-state index >= 15 is 0 Å². The minimum absolute atomic E-state index is 0.437. The molecule has 2 N–H and O–H groups in total. The van der Waals surface area contributed by atoms with Gasteiger partial charge in [-0.2, -0.15) is 0 Å². The Kier molecular flexibility index (Phi) is 5.99. The number of methoxy groups -OCH3 is 3. The highest BCUT2D eigenvalue weighted by Gasteiger charge is 2.16. The molecular formula is C21H21N3O6S. The number of amides is 2. The molecule has 1 aromatic heterocycles. The maximum atomic E-state index is 12.5. The number of benzene rings is 2. The number of thiazole rings is 1. The number of ether oxygens (including phenoxy) is 5. The van der Waals surface area contributed by atoms with Gasteiger partial charge in [0.1, 0.15) is 13.2 Å². The number of carbonyl (C=O) groups is 1. The van der Waals surface area contributed by atoms with Crippen molar-refractivity contribution in [2.24, 2.45) is 0 Å². The van der Waals surface area contributed by atoms with Crippen LogP contribution in [-0.2, 0) is 0 Å². The first-order chi connectivity index (χ1) is 15.1. The van der Waals surface area contributed by atoms with Gasteiger partial charge in [0.2, 0.25) is 5.75 Å². The minimum atomic E-state index is -0.447. The molecule has 0 radical (unpaired) electrons. The lowest BCUT2D eigenvalue weighted by atomic mass is 10.1. The minimum Gasteiger partial charge on any atom is -0.493 e. The van der Waals surface area contributed by atoms with Crippen LogP contribution in [0, 0.1) is 0 Å². The summed E-state index contributed by atoms with van der Waals surface area (Å²) in [6.07, 6.45) is 0. The number of anilines is 2. The van der Waals surface area contributed by atoms with Gasteiger partial charge in [-0.15, -0.1) is 11.3 Å². The van der Waals surface area contributed by atoms with Crippen molar-refractivity contribution in [1.82, 2.24) is 4.98 Å². The number of urea groups is 1. The number of carbonyl (C=O) groups excluding carboxylic acids is 1. The highest BCUT2D eigenvalue weighted by atomic mass is 32.1. The van der Waals surface area contributed by atoms with Crippen molar-refractivity contribution < 1.29 is 28.5 Å². The third-order valence-corrected chi connectivity index (χ3v) is 5.24. The van der Waals surface area contributed by atoms with Gasteiger partial charge in [-0.05, 0) is 18.2 Å². The smallest absolute Gasteiger partial charge is 0.325 e. The number of nitrogens with zero attached hydrogens (tertiary/aromatic N) is 1. The van der Waals surface area contributed by atoms with E-state index in [1.807, 2.05) is 23.6 Å². The van der Waals surface area contributed by atoms with E-state index in [2.05, 4.69) is 15.6 Å². The Morgan fingerprint density at radius 2 is 1.68 bits per heavy atom. The van der Waals surface area contributed by atoms with Crippen LogP contribution in [0.15, 0.2) is 35.7 Å². The Morgan fingerprint density at radius 1 is 0.968 bits per heavy atom. The number of aromatic nitrogens is 1. The molecule has 9 nitrogen and oxygen atoms in total. The second-order valence-corrected chi connectivity index (χ2v) is 7.25. The van der Waals surface area contributed by atoms with E-state index in [9.17, 15) is 4.79 Å². The van der Waals surface area contributed by atoms with Crippen LogP contribution in [0.4, 0.5) is 15.6 Å². The number of hydrogen-bond donors (Lipinski definition) is 2. The largest absolute Gasteiger partial charge is 0.493 e. The first-order valence-electron chi connectivity index (χ1n) is 9.35. The van der Waals surface area contributed by atoms with Gasteiger partial charge >= 0.3 is 6.03 Å². The van der Waals surface area contributed by atoms with E-state index in [1.54, 1.807) is 12.1 Å². The Balaban J connectivity index is 1.46. The lowest BCUT2D eigenvalue weighted by Crippen LogP contribution is -2.19. The molecule has 4 rings (SSSR count). The summed E-state index contributed by atoms with van der Waals surface area (Å²) in [5, 5.41) is 7.80. The molecule has 10 heteroatoms. The van der Waals surface area contributed by atoms with E-state index in [1.165, 1.54) is 32.7 Å². The quantitative estimate of drug-likeness (QED) is 0.587. The zero-order valence-electron chi connectivity index (χ0n) is 17.2. The maximum Gasteiger partial charge on any atom is 0.325 e. The summed E-state index contributed by atoms with van der Waals surface area (Å²) < 4.78 is 27.1. The van der Waals surface area contributed by atoms with E-state index in [0.717, 1.165) is 11.3 Å². The molecule has 0 aliphatic carbocycles. The van der Waals surface area contributed by atoms with Gasteiger partial charge in [-0.25, -0.2) is 9.78 Å². The third-order valence-electron chi connectivity index (χ3n) is 4.49. The second kappa shape index (κ2) is 9.00. The molecule has 0 unspecified atom stereocenters. The van der Waals surface area contributed by atoms with E-state index in [-0.39, 0.29) is 0 Å². The number of nitrogens with one attached hydrogen (secondary N) is 2. The monoisotopic (exact) mass is 443 g/mol. The summed E-state index contributed by atoms with van der Waals surface area (Å²) in [4.78, 5) is 17.0. The molecule has 2 heterocycles. The third kappa shape index (κ3) is 4.43. The van der Waals surface area contributed by atoms with Gasteiger partial charge in [0.15, 0.2) is 28.1 Å². The molecule has 1 aliphatic rings. The lowest BCUT2D eigenvalue weighted by Gasteiger charge is -2.18. The van der Waals surface area contributed by atoms with Crippen molar-refractivity contribution in [2.75, 3.05) is 45.2 Å². The topological polar surface area (TPSA) is 100 Å². The Hall–Kier alpha value is -3.66. The SMILES string of the molecule is COc1cc(NC(=O)Nc2nc(-c3ccc4c(c3)OCCO4)cs2)cc(OC)c1OC. The highest BCUT2D eigenvalue weighted by Crippen LogP contribution is 2.40. The van der Waals surface area contributed by atoms with Gasteiger partial charge in [0.05, 0.1) is 32.7 Å². The molecule has 1 aliphatic heterocycles. The number of rotatable bonds is 6. The molecule has 0 spiro atoms. The fourth-order valence-electron chi connectivity index (χ4n) is 3.08. The first kappa shape index (κ1) is 20.6. The summed E-state index contributed by atoms with van der Waals surface area (Å²) in [6.45, 7) is 1.06. The summed E-state index contributed by atoms with van der Waals surface area (Å²) in [5.41, 5.74) is 2.08. The summed E-state index contributed by atoms with van der Waals surface area (Å²) in [7, 11) is 4.54. The average Bonchev–Trinajstić information content (AvgIpc) is 3.26. The van der Waals surface area contributed by atoms with Crippen LogP contribution in [-0.4, -0.2) is 45.6 Å². The van der Waals surface area contributed by atoms with Gasteiger partial charge in [0, 0.05) is 23.1 Å². The molecule has 2 amide bonds. The molecule has 0 saturated heterocycles. The lowest BCUT2D eigenvalue weighted by molar-refractivity contribution is 0.171. The summed E-state index contributed by atoms with van der Waals surface area (Å²) in [6, 6.07) is 8.48. The van der Waals surface area contributed by atoms with Crippen LogP contribution >= 0.6 is 11.3 Å². The Bertz CT molecular complexity index is 1080. The second-order valence-electron chi connectivity index (χ2n) is 6.39.